The summed E-state index contributed by atoms with van der Waals surface area (Å²) in [5.41, 5.74) is 1.04. The minimum atomic E-state index is -0.632. The number of carbonyl (C=O) groups is 2. The van der Waals surface area contributed by atoms with Crippen molar-refractivity contribution in [3.63, 3.8) is 0 Å². The molecule has 1 N–H and O–H groups in total. The van der Waals surface area contributed by atoms with Gasteiger partial charge in [-0.3, -0.25) is 4.79 Å². The molecule has 138 valence electrons. The second-order valence-electron chi connectivity index (χ2n) is 5.35. The third kappa shape index (κ3) is 5.32. The lowest BCUT2D eigenvalue weighted by molar-refractivity contribution is -0.133. The minimum Gasteiger partial charge on any atom is -0.496 e. The zero-order valence-corrected chi connectivity index (χ0v) is 15.5. The van der Waals surface area contributed by atoms with Gasteiger partial charge in [0.15, 0.2) is 17.4 Å². The van der Waals surface area contributed by atoms with Crippen molar-refractivity contribution in [2.75, 3.05) is 32.6 Å². The molecule has 0 unspecified atom stereocenters. The summed E-state index contributed by atoms with van der Waals surface area (Å²) in [6, 6.07) is 7.43. The summed E-state index contributed by atoms with van der Waals surface area (Å²) in [5.74, 6) is -0.248. The van der Waals surface area contributed by atoms with Gasteiger partial charge in [0.2, 0.25) is 0 Å². The van der Waals surface area contributed by atoms with Crippen LogP contribution in [0, 0.1) is 0 Å². The molecule has 0 fully saturated rings. The van der Waals surface area contributed by atoms with Gasteiger partial charge < -0.3 is 19.7 Å². The van der Waals surface area contributed by atoms with Gasteiger partial charge in [-0.2, -0.15) is 0 Å². The van der Waals surface area contributed by atoms with Crippen LogP contribution in [0.25, 0.3) is 0 Å². The molecule has 0 spiro atoms. The lowest BCUT2D eigenvalue weighted by atomic mass is 10.2. The number of nitrogens with zero attached hydrogens (tertiary/aromatic N) is 2. The first-order chi connectivity index (χ1) is 12.5. The van der Waals surface area contributed by atoms with Crippen molar-refractivity contribution in [2.24, 2.45) is 0 Å². The third-order valence-corrected chi connectivity index (χ3v) is 4.26. The van der Waals surface area contributed by atoms with E-state index in [9.17, 15) is 9.59 Å². The lowest BCUT2D eigenvalue weighted by Crippen LogP contribution is -2.31. The summed E-state index contributed by atoms with van der Waals surface area (Å²) in [4.78, 5) is 29.8. The van der Waals surface area contributed by atoms with Crippen molar-refractivity contribution in [3.8, 4) is 5.75 Å². The molecule has 1 amide bonds. The number of benzene rings is 1. The average Bonchev–Trinajstić information content (AvgIpc) is 3.13. The number of aromatic nitrogens is 1. The zero-order valence-electron chi connectivity index (χ0n) is 14.7. The Morgan fingerprint density at radius 2 is 2.15 bits per heavy atom. The number of para-hydroxylation sites is 1. The molecule has 0 saturated carbocycles. The molecule has 0 radical (unpaired) electrons. The Labute approximate surface area is 156 Å². The summed E-state index contributed by atoms with van der Waals surface area (Å²) in [5, 5.41) is 5.16. The second-order valence-corrected chi connectivity index (χ2v) is 6.20. The molecule has 8 heteroatoms. The van der Waals surface area contributed by atoms with Crippen molar-refractivity contribution >= 4 is 28.3 Å². The van der Waals surface area contributed by atoms with E-state index in [1.165, 1.54) is 16.2 Å². The number of ether oxygens (including phenoxy) is 2. The van der Waals surface area contributed by atoms with Crippen LogP contribution < -0.4 is 10.1 Å². The number of thiazole rings is 1. The quantitative estimate of drug-likeness (QED) is 0.536. The lowest BCUT2D eigenvalue weighted by Gasteiger charge is -2.18. The maximum absolute atomic E-state index is 12.2. The van der Waals surface area contributed by atoms with Crippen molar-refractivity contribution in [1.82, 2.24) is 9.88 Å². The number of likely N-dealkylation sites (N-methyl/N-ethyl adjacent to an activating group) is 1. The van der Waals surface area contributed by atoms with Crippen LogP contribution in [-0.2, 0) is 16.1 Å². The van der Waals surface area contributed by atoms with E-state index in [4.69, 9.17) is 9.47 Å². The van der Waals surface area contributed by atoms with Gasteiger partial charge in [0, 0.05) is 31.1 Å². The van der Waals surface area contributed by atoms with E-state index in [0.717, 1.165) is 5.56 Å². The van der Waals surface area contributed by atoms with Crippen LogP contribution in [0.2, 0.25) is 0 Å². The fraction of sp³-hybridized carbons (Fsp3) is 0.278. The number of hydrogen-bond donors (Lipinski definition) is 1. The maximum Gasteiger partial charge on any atom is 0.358 e. The van der Waals surface area contributed by atoms with Gasteiger partial charge in [0.05, 0.1) is 7.11 Å². The number of hydrogen-bond acceptors (Lipinski definition) is 7. The van der Waals surface area contributed by atoms with E-state index >= 15 is 0 Å². The first-order valence-corrected chi connectivity index (χ1v) is 8.76. The zero-order chi connectivity index (χ0) is 18.9. The number of carbonyl (C=O) groups excluding carboxylic acids is 2. The Hall–Kier alpha value is -2.87. The van der Waals surface area contributed by atoms with Crippen molar-refractivity contribution in [3.05, 3.63) is 53.6 Å². The van der Waals surface area contributed by atoms with Gasteiger partial charge in [0.25, 0.3) is 5.91 Å². The second kappa shape index (κ2) is 9.57. The number of anilines is 1. The molecule has 2 aromatic rings. The van der Waals surface area contributed by atoms with Gasteiger partial charge in [-0.1, -0.05) is 24.3 Å². The van der Waals surface area contributed by atoms with E-state index in [-0.39, 0.29) is 18.2 Å². The molecule has 0 saturated heterocycles. The summed E-state index contributed by atoms with van der Waals surface area (Å²) in [6.45, 7) is 4.15. The Kier molecular flexibility index (Phi) is 7.16. The molecule has 7 nitrogen and oxygen atoms in total. The topological polar surface area (TPSA) is 80.8 Å². The highest BCUT2D eigenvalue weighted by molar-refractivity contribution is 7.13. The molecule has 0 aliphatic rings. The van der Waals surface area contributed by atoms with Crippen LogP contribution >= 0.6 is 11.3 Å². The average molecular weight is 375 g/mol. The molecule has 1 heterocycles. The molecule has 1 aromatic heterocycles. The van der Waals surface area contributed by atoms with Gasteiger partial charge in [0.1, 0.15) is 5.75 Å². The maximum atomic E-state index is 12.2. The summed E-state index contributed by atoms with van der Waals surface area (Å²) in [7, 11) is 3.22. The predicted octanol–water partition coefficient (Wildman–Crippen LogP) is 2.57. The smallest absolute Gasteiger partial charge is 0.358 e. The number of amides is 1. The normalized spacial score (nSPS) is 10.1. The molecule has 0 bridgehead atoms. The number of nitrogens with one attached hydrogen (secondary N) is 1. The first kappa shape index (κ1) is 19.5. The SMILES string of the molecule is C=CCNc1nc(C(=O)OCC(=O)N(C)Cc2ccccc2OC)cs1. The fourth-order valence-electron chi connectivity index (χ4n) is 2.10. The van der Waals surface area contributed by atoms with Crippen LogP contribution in [0.15, 0.2) is 42.3 Å². The highest BCUT2D eigenvalue weighted by Gasteiger charge is 2.17. The number of methoxy groups -OCH3 is 1. The Morgan fingerprint density at radius 1 is 1.38 bits per heavy atom. The Balaban J connectivity index is 1.86. The van der Waals surface area contributed by atoms with Gasteiger partial charge in [-0.15, -0.1) is 17.9 Å². The van der Waals surface area contributed by atoms with Crippen LogP contribution in [-0.4, -0.2) is 49.1 Å². The van der Waals surface area contributed by atoms with Crippen LogP contribution in [0.1, 0.15) is 16.1 Å². The molecule has 2 rings (SSSR count). The van der Waals surface area contributed by atoms with Gasteiger partial charge in [-0.05, 0) is 6.07 Å². The monoisotopic (exact) mass is 375 g/mol. The first-order valence-electron chi connectivity index (χ1n) is 7.88. The Morgan fingerprint density at radius 3 is 2.88 bits per heavy atom. The third-order valence-electron chi connectivity index (χ3n) is 3.46. The van der Waals surface area contributed by atoms with E-state index in [2.05, 4.69) is 16.9 Å². The largest absolute Gasteiger partial charge is 0.496 e. The minimum absolute atomic E-state index is 0.168. The number of esters is 1. The highest BCUT2D eigenvalue weighted by atomic mass is 32.1. The summed E-state index contributed by atoms with van der Waals surface area (Å²) >= 11 is 1.28. The highest BCUT2D eigenvalue weighted by Crippen LogP contribution is 2.19. The molecule has 0 aliphatic carbocycles. The molecule has 26 heavy (non-hydrogen) atoms. The van der Waals surface area contributed by atoms with E-state index in [0.29, 0.717) is 24.0 Å². The van der Waals surface area contributed by atoms with Crippen molar-refractivity contribution in [1.29, 1.82) is 0 Å². The fourth-order valence-corrected chi connectivity index (χ4v) is 2.79. The van der Waals surface area contributed by atoms with Gasteiger partial charge in [-0.25, -0.2) is 9.78 Å². The molecule has 0 atom stereocenters. The van der Waals surface area contributed by atoms with E-state index < -0.39 is 5.97 Å². The standard InChI is InChI=1S/C18H21N3O4S/c1-4-9-19-18-20-14(12-26-18)17(23)25-11-16(22)21(2)10-13-7-5-6-8-15(13)24-3/h4-8,12H,1,9-11H2,2-3H3,(H,19,20). The van der Waals surface area contributed by atoms with Gasteiger partial charge >= 0.3 is 5.97 Å². The van der Waals surface area contributed by atoms with Crippen LogP contribution in [0.4, 0.5) is 5.13 Å². The van der Waals surface area contributed by atoms with Crippen LogP contribution in [0.3, 0.4) is 0 Å². The van der Waals surface area contributed by atoms with E-state index in [1.54, 1.807) is 25.6 Å². The molecule has 0 aliphatic heterocycles. The van der Waals surface area contributed by atoms with Crippen LogP contribution in [0.5, 0.6) is 5.75 Å². The predicted molar refractivity (Wildman–Crippen MR) is 101 cm³/mol. The molecular weight excluding hydrogens is 354 g/mol. The summed E-state index contributed by atoms with van der Waals surface area (Å²) < 4.78 is 10.3. The molecular formula is C18H21N3O4S. The summed E-state index contributed by atoms with van der Waals surface area (Å²) in [6.07, 6.45) is 1.69. The van der Waals surface area contributed by atoms with Crippen molar-refractivity contribution in [2.45, 2.75) is 6.54 Å². The number of rotatable bonds is 9. The Bertz CT molecular complexity index is 775. The van der Waals surface area contributed by atoms with Crippen molar-refractivity contribution < 1.29 is 19.1 Å². The van der Waals surface area contributed by atoms with E-state index in [1.807, 2.05) is 24.3 Å². The molecule has 1 aromatic carbocycles.